The molecule has 13 heavy (non-hydrogen) atoms. The van der Waals surface area contributed by atoms with Crippen LogP contribution in [-0.4, -0.2) is 17.1 Å². The fourth-order valence-corrected chi connectivity index (χ4v) is 3.13. The number of aliphatic carboxylic acids is 1. The molecule has 0 radical (unpaired) electrons. The molecule has 0 spiro atoms. The fourth-order valence-electron chi connectivity index (χ4n) is 3.13. The Morgan fingerprint density at radius 3 is 2.54 bits per heavy atom. The van der Waals surface area contributed by atoms with Crippen LogP contribution in [-0.2, 0) is 4.79 Å². The van der Waals surface area contributed by atoms with Crippen molar-refractivity contribution in [1.29, 1.82) is 0 Å². The zero-order valence-corrected chi connectivity index (χ0v) is 8.51. The molecule has 2 saturated carbocycles. The van der Waals surface area contributed by atoms with Gasteiger partial charge in [0.1, 0.15) is 0 Å². The number of carboxylic acid groups (broad SMARTS) is 1. The molecule has 0 heterocycles. The summed E-state index contributed by atoms with van der Waals surface area (Å²) in [7, 11) is 0. The van der Waals surface area contributed by atoms with Gasteiger partial charge in [-0.25, -0.2) is 0 Å². The summed E-state index contributed by atoms with van der Waals surface area (Å²) in [5, 5.41) is 8.99. The van der Waals surface area contributed by atoms with Crippen molar-refractivity contribution in [2.45, 2.75) is 32.2 Å². The number of hydrogen-bond donors (Lipinski definition) is 2. The normalized spacial score (nSPS) is 47.4. The molecule has 2 bridgehead atoms. The van der Waals surface area contributed by atoms with E-state index in [1.807, 2.05) is 0 Å². The Kier molecular flexibility index (Phi) is 2.61. The van der Waals surface area contributed by atoms with E-state index in [9.17, 15) is 4.79 Å². The van der Waals surface area contributed by atoms with Gasteiger partial charge in [-0.15, -0.1) is 12.4 Å². The fraction of sp³-hybridized carbons (Fsp3) is 0.889. The van der Waals surface area contributed by atoms with E-state index in [1.54, 1.807) is 0 Å². The van der Waals surface area contributed by atoms with E-state index >= 15 is 0 Å². The lowest BCUT2D eigenvalue weighted by Crippen LogP contribution is -2.43. The van der Waals surface area contributed by atoms with E-state index < -0.39 is 5.97 Å². The molecule has 2 fully saturated rings. The zero-order valence-electron chi connectivity index (χ0n) is 7.69. The minimum absolute atomic E-state index is 0. The van der Waals surface area contributed by atoms with Gasteiger partial charge in [0.2, 0.25) is 0 Å². The average Bonchev–Trinajstić information content (AvgIpc) is 2.40. The molecule has 3 nitrogen and oxygen atoms in total. The third-order valence-electron chi connectivity index (χ3n) is 3.76. The number of nitrogens with two attached hydrogens (primary N) is 1. The summed E-state index contributed by atoms with van der Waals surface area (Å²) in [6, 6.07) is -0.0961. The first kappa shape index (κ1) is 10.8. The summed E-state index contributed by atoms with van der Waals surface area (Å²) in [4.78, 5) is 10.9. The Balaban J connectivity index is 0.000000845. The van der Waals surface area contributed by atoms with Crippen LogP contribution in [0.3, 0.4) is 0 Å². The van der Waals surface area contributed by atoms with Gasteiger partial charge in [0.05, 0.1) is 5.92 Å². The average molecular weight is 206 g/mol. The minimum atomic E-state index is -0.702. The third-order valence-corrected chi connectivity index (χ3v) is 3.76. The molecule has 0 aliphatic heterocycles. The summed E-state index contributed by atoms with van der Waals surface area (Å²) in [5.74, 6) is -0.528. The Morgan fingerprint density at radius 1 is 1.62 bits per heavy atom. The van der Waals surface area contributed by atoms with E-state index in [2.05, 4.69) is 6.92 Å². The molecule has 4 heteroatoms. The number of halogens is 1. The Morgan fingerprint density at radius 2 is 2.23 bits per heavy atom. The number of carbonyl (C=O) groups is 1. The Hall–Kier alpha value is -0.280. The first-order valence-corrected chi connectivity index (χ1v) is 4.53. The molecule has 3 N–H and O–H groups in total. The lowest BCUT2D eigenvalue weighted by Gasteiger charge is -2.31. The maximum absolute atomic E-state index is 10.9. The highest BCUT2D eigenvalue weighted by atomic mass is 35.5. The number of carboxylic acids is 1. The van der Waals surface area contributed by atoms with Crippen molar-refractivity contribution in [3.05, 3.63) is 0 Å². The van der Waals surface area contributed by atoms with Gasteiger partial charge in [0.25, 0.3) is 0 Å². The second-order valence-corrected chi connectivity index (χ2v) is 4.55. The van der Waals surface area contributed by atoms with Gasteiger partial charge in [-0.05, 0) is 30.6 Å². The maximum atomic E-state index is 10.9. The van der Waals surface area contributed by atoms with Gasteiger partial charge in [-0.3, -0.25) is 4.79 Å². The van der Waals surface area contributed by atoms with Crippen LogP contribution >= 0.6 is 12.4 Å². The molecule has 0 saturated heterocycles. The molecule has 76 valence electrons. The summed E-state index contributed by atoms with van der Waals surface area (Å²) >= 11 is 0. The van der Waals surface area contributed by atoms with E-state index in [0.29, 0.717) is 5.92 Å². The summed E-state index contributed by atoms with van der Waals surface area (Å²) in [6.45, 7) is 2.07. The van der Waals surface area contributed by atoms with Gasteiger partial charge >= 0.3 is 5.97 Å². The predicted molar refractivity (Wildman–Crippen MR) is 51.8 cm³/mol. The summed E-state index contributed by atoms with van der Waals surface area (Å²) in [5.41, 5.74) is 5.87. The van der Waals surface area contributed by atoms with Crippen LogP contribution in [0.15, 0.2) is 0 Å². The van der Waals surface area contributed by atoms with E-state index in [0.717, 1.165) is 19.3 Å². The van der Waals surface area contributed by atoms with E-state index in [1.165, 1.54) is 0 Å². The first-order valence-electron chi connectivity index (χ1n) is 4.53. The molecule has 0 aromatic heterocycles. The summed E-state index contributed by atoms with van der Waals surface area (Å²) in [6.07, 6.45) is 3.19. The van der Waals surface area contributed by atoms with Gasteiger partial charge in [-0.1, -0.05) is 6.92 Å². The van der Waals surface area contributed by atoms with Crippen LogP contribution in [0.4, 0.5) is 0 Å². The van der Waals surface area contributed by atoms with Gasteiger partial charge in [-0.2, -0.15) is 0 Å². The largest absolute Gasteiger partial charge is 0.481 e. The molecule has 2 aliphatic rings. The maximum Gasteiger partial charge on any atom is 0.308 e. The van der Waals surface area contributed by atoms with Crippen molar-refractivity contribution >= 4 is 18.4 Å². The number of fused-ring (bicyclic) bond motifs is 2. The lowest BCUT2D eigenvalue weighted by molar-refractivity contribution is -0.146. The first-order chi connectivity index (χ1) is 5.54. The van der Waals surface area contributed by atoms with Crippen LogP contribution in [0.25, 0.3) is 0 Å². The van der Waals surface area contributed by atoms with Crippen LogP contribution in [0.1, 0.15) is 26.2 Å². The van der Waals surface area contributed by atoms with Crippen molar-refractivity contribution in [3.63, 3.8) is 0 Å². The second kappa shape index (κ2) is 3.14. The Bertz CT molecular complexity index is 234. The van der Waals surface area contributed by atoms with Crippen molar-refractivity contribution in [1.82, 2.24) is 0 Å². The van der Waals surface area contributed by atoms with Gasteiger partial charge in [0.15, 0.2) is 0 Å². The monoisotopic (exact) mass is 205 g/mol. The predicted octanol–water partition coefficient (Wildman–Crippen LogP) is 1.26. The van der Waals surface area contributed by atoms with Crippen LogP contribution in [0, 0.1) is 17.3 Å². The van der Waals surface area contributed by atoms with Crippen molar-refractivity contribution < 1.29 is 9.90 Å². The molecular weight excluding hydrogens is 190 g/mol. The van der Waals surface area contributed by atoms with E-state index in [-0.39, 0.29) is 29.8 Å². The highest BCUT2D eigenvalue weighted by Crippen LogP contribution is 2.56. The van der Waals surface area contributed by atoms with Gasteiger partial charge in [0, 0.05) is 6.04 Å². The smallest absolute Gasteiger partial charge is 0.308 e. The quantitative estimate of drug-likeness (QED) is 0.678. The SMILES string of the molecule is C[C@@]12CC[C@@H](C1)[C@H](N)[C@@H]2C(=O)O.Cl. The minimum Gasteiger partial charge on any atom is -0.481 e. The lowest BCUT2D eigenvalue weighted by atomic mass is 9.75. The van der Waals surface area contributed by atoms with Crippen LogP contribution in [0.2, 0.25) is 0 Å². The highest BCUT2D eigenvalue weighted by Gasteiger charge is 2.56. The van der Waals surface area contributed by atoms with Gasteiger partial charge < -0.3 is 10.8 Å². The molecule has 2 rings (SSSR count). The zero-order chi connectivity index (χ0) is 8.93. The Labute approximate surface area is 84.1 Å². The summed E-state index contributed by atoms with van der Waals surface area (Å²) < 4.78 is 0. The molecular formula is C9H16ClNO2. The molecule has 0 unspecified atom stereocenters. The van der Waals surface area contributed by atoms with Crippen molar-refractivity contribution in [2.24, 2.45) is 23.0 Å². The molecule has 0 amide bonds. The van der Waals surface area contributed by atoms with Crippen LogP contribution in [0.5, 0.6) is 0 Å². The second-order valence-electron chi connectivity index (χ2n) is 4.55. The number of hydrogen-bond acceptors (Lipinski definition) is 2. The van der Waals surface area contributed by atoms with Crippen LogP contribution < -0.4 is 5.73 Å². The van der Waals surface area contributed by atoms with Crippen molar-refractivity contribution in [3.8, 4) is 0 Å². The molecule has 2 aliphatic carbocycles. The van der Waals surface area contributed by atoms with E-state index in [4.69, 9.17) is 10.8 Å². The molecule has 0 aromatic rings. The molecule has 0 aromatic carbocycles. The topological polar surface area (TPSA) is 63.3 Å². The standard InChI is InChI=1S/C9H15NO2.ClH/c1-9-3-2-5(4-9)7(10)6(9)8(11)12;/h5-7H,2-4,10H2,1H3,(H,11,12);1H/t5-,6+,7-,9+;/m0./s1. The molecule has 4 atom stereocenters. The number of rotatable bonds is 1. The highest BCUT2D eigenvalue weighted by molar-refractivity contribution is 5.85. The van der Waals surface area contributed by atoms with Crippen molar-refractivity contribution in [2.75, 3.05) is 0 Å². The third kappa shape index (κ3) is 1.34.